The van der Waals surface area contributed by atoms with Gasteiger partial charge < -0.3 is 16.4 Å². The molecule has 0 atom stereocenters. The number of nitrogens with zero attached hydrogens (tertiary/aromatic N) is 3. The molecule has 0 amide bonds. The number of hydrogen-bond donors (Lipinski definition) is 2. The van der Waals surface area contributed by atoms with Crippen molar-refractivity contribution in [3.8, 4) is 11.3 Å². The van der Waals surface area contributed by atoms with Crippen LogP contribution in [0.25, 0.3) is 11.3 Å². The number of hydrogen-bond acceptors (Lipinski definition) is 5. The van der Waals surface area contributed by atoms with Crippen LogP contribution in [0.4, 0.5) is 11.8 Å². The van der Waals surface area contributed by atoms with Crippen LogP contribution in [0.5, 0.6) is 0 Å². The number of aromatic nitrogens is 2. The second-order valence-corrected chi connectivity index (χ2v) is 7.25. The zero-order valence-electron chi connectivity index (χ0n) is 14.7. The smallest absolute Gasteiger partial charge is 0.222 e. The summed E-state index contributed by atoms with van der Waals surface area (Å²) in [6.45, 7) is 2.86. The Kier molecular flexibility index (Phi) is 4.57. The minimum atomic E-state index is 0.384. The Bertz CT molecular complexity index is 750. The number of piperidine rings is 1. The summed E-state index contributed by atoms with van der Waals surface area (Å²) in [7, 11) is 0. The van der Waals surface area contributed by atoms with Crippen molar-refractivity contribution in [2.24, 2.45) is 11.7 Å². The predicted octanol–water partition coefficient (Wildman–Crippen LogP) is 2.78. The number of benzene rings is 1. The van der Waals surface area contributed by atoms with Crippen LogP contribution in [-0.4, -0.2) is 29.6 Å². The number of nitrogens with two attached hydrogens (primary N) is 2. The molecule has 0 unspecified atom stereocenters. The van der Waals surface area contributed by atoms with E-state index >= 15 is 0 Å². The SMILES string of the molecule is NCCC1CCN(c2nc(N)nc3c2CCCc2ccccc2-3)CC1. The summed E-state index contributed by atoms with van der Waals surface area (Å²) in [6, 6.07) is 8.58. The maximum Gasteiger partial charge on any atom is 0.222 e. The molecule has 5 heteroatoms. The molecule has 0 bridgehead atoms. The zero-order chi connectivity index (χ0) is 17.2. The summed E-state index contributed by atoms with van der Waals surface area (Å²) in [4.78, 5) is 11.7. The van der Waals surface area contributed by atoms with Gasteiger partial charge in [-0.3, -0.25) is 0 Å². The molecule has 0 saturated carbocycles. The van der Waals surface area contributed by atoms with Crippen LogP contribution < -0.4 is 16.4 Å². The fraction of sp³-hybridized carbons (Fsp3) is 0.500. The minimum absolute atomic E-state index is 0.384. The van der Waals surface area contributed by atoms with Crippen LogP contribution in [0.1, 0.15) is 36.8 Å². The number of rotatable bonds is 3. The Hall–Kier alpha value is -2.14. The molecule has 1 aromatic carbocycles. The molecule has 5 nitrogen and oxygen atoms in total. The zero-order valence-corrected chi connectivity index (χ0v) is 14.7. The van der Waals surface area contributed by atoms with Crippen molar-refractivity contribution in [3.63, 3.8) is 0 Å². The van der Waals surface area contributed by atoms with E-state index in [0.29, 0.717) is 5.95 Å². The minimum Gasteiger partial charge on any atom is -0.368 e. The van der Waals surface area contributed by atoms with Gasteiger partial charge in [-0.05, 0) is 56.6 Å². The monoisotopic (exact) mass is 337 g/mol. The lowest BCUT2D eigenvalue weighted by Crippen LogP contribution is -2.35. The second-order valence-electron chi connectivity index (χ2n) is 7.25. The third-order valence-corrected chi connectivity index (χ3v) is 5.64. The topological polar surface area (TPSA) is 81.1 Å². The number of fused-ring (bicyclic) bond motifs is 3. The van der Waals surface area contributed by atoms with Crippen molar-refractivity contribution >= 4 is 11.8 Å². The predicted molar refractivity (Wildman–Crippen MR) is 103 cm³/mol. The summed E-state index contributed by atoms with van der Waals surface area (Å²) in [5.74, 6) is 2.19. The average Bonchev–Trinajstić information content (AvgIpc) is 2.82. The Morgan fingerprint density at radius 3 is 2.68 bits per heavy atom. The molecule has 2 aliphatic rings. The number of anilines is 2. The summed E-state index contributed by atoms with van der Waals surface area (Å²) in [6.07, 6.45) is 6.74. The number of nitrogen functional groups attached to an aromatic ring is 1. The van der Waals surface area contributed by atoms with Crippen LogP contribution in [0.15, 0.2) is 24.3 Å². The molecular formula is C20H27N5. The summed E-state index contributed by atoms with van der Waals surface area (Å²) in [5, 5.41) is 0. The van der Waals surface area contributed by atoms with Crippen LogP contribution in [0, 0.1) is 5.92 Å². The molecule has 1 saturated heterocycles. The van der Waals surface area contributed by atoms with E-state index in [1.54, 1.807) is 0 Å². The van der Waals surface area contributed by atoms with E-state index < -0.39 is 0 Å². The van der Waals surface area contributed by atoms with Crippen molar-refractivity contribution in [3.05, 3.63) is 35.4 Å². The first-order valence-corrected chi connectivity index (χ1v) is 9.46. The van der Waals surface area contributed by atoms with E-state index in [4.69, 9.17) is 11.5 Å². The van der Waals surface area contributed by atoms with Gasteiger partial charge in [-0.15, -0.1) is 0 Å². The van der Waals surface area contributed by atoms with Crippen LogP contribution >= 0.6 is 0 Å². The molecule has 4 N–H and O–H groups in total. The molecule has 2 heterocycles. The van der Waals surface area contributed by atoms with Crippen molar-refractivity contribution in [1.82, 2.24) is 9.97 Å². The highest BCUT2D eigenvalue weighted by Crippen LogP contribution is 2.37. The van der Waals surface area contributed by atoms with E-state index in [1.807, 2.05) is 0 Å². The van der Waals surface area contributed by atoms with Gasteiger partial charge in [0, 0.05) is 24.2 Å². The lowest BCUT2D eigenvalue weighted by molar-refractivity contribution is 0.384. The first-order valence-electron chi connectivity index (χ1n) is 9.46. The Morgan fingerprint density at radius 1 is 1.08 bits per heavy atom. The molecule has 0 radical (unpaired) electrons. The Morgan fingerprint density at radius 2 is 1.88 bits per heavy atom. The quantitative estimate of drug-likeness (QED) is 0.900. The fourth-order valence-corrected chi connectivity index (χ4v) is 4.30. The van der Waals surface area contributed by atoms with Gasteiger partial charge in [-0.1, -0.05) is 24.3 Å². The molecule has 1 aromatic heterocycles. The second kappa shape index (κ2) is 7.00. The molecule has 132 valence electrons. The van der Waals surface area contributed by atoms with Gasteiger partial charge in [0.1, 0.15) is 5.82 Å². The molecule has 1 fully saturated rings. The van der Waals surface area contributed by atoms with Gasteiger partial charge >= 0.3 is 0 Å². The molecule has 1 aliphatic heterocycles. The largest absolute Gasteiger partial charge is 0.368 e. The summed E-state index contributed by atoms with van der Waals surface area (Å²) >= 11 is 0. The number of aryl methyl sites for hydroxylation is 1. The van der Waals surface area contributed by atoms with Gasteiger partial charge in [0.05, 0.1) is 5.69 Å². The highest BCUT2D eigenvalue weighted by atomic mass is 15.2. The van der Waals surface area contributed by atoms with Gasteiger partial charge in [0.25, 0.3) is 0 Å². The standard InChI is InChI=1S/C20H27N5/c21-11-8-14-9-12-25(13-10-14)19-17-7-3-5-15-4-1-2-6-16(15)18(17)23-20(22)24-19/h1-2,4,6,14H,3,5,7-13,21H2,(H2,22,23,24). The molecule has 4 rings (SSSR count). The van der Waals surface area contributed by atoms with Crippen molar-refractivity contribution in [1.29, 1.82) is 0 Å². The fourth-order valence-electron chi connectivity index (χ4n) is 4.30. The van der Waals surface area contributed by atoms with Crippen LogP contribution in [0.3, 0.4) is 0 Å². The average molecular weight is 337 g/mol. The third-order valence-electron chi connectivity index (χ3n) is 5.64. The molecular weight excluding hydrogens is 310 g/mol. The third kappa shape index (κ3) is 3.21. The summed E-state index contributed by atoms with van der Waals surface area (Å²) in [5.41, 5.74) is 16.7. The van der Waals surface area contributed by atoms with Gasteiger partial charge in [-0.2, -0.15) is 4.98 Å². The van der Waals surface area contributed by atoms with Crippen LogP contribution in [-0.2, 0) is 12.8 Å². The summed E-state index contributed by atoms with van der Waals surface area (Å²) < 4.78 is 0. The first kappa shape index (κ1) is 16.3. The van der Waals surface area contributed by atoms with Crippen molar-refractivity contribution < 1.29 is 0 Å². The maximum atomic E-state index is 6.11. The lowest BCUT2D eigenvalue weighted by Gasteiger charge is -2.34. The molecule has 0 spiro atoms. The van der Waals surface area contributed by atoms with E-state index in [-0.39, 0.29) is 0 Å². The van der Waals surface area contributed by atoms with Crippen molar-refractivity contribution in [2.75, 3.05) is 30.3 Å². The molecule has 1 aliphatic carbocycles. The maximum absolute atomic E-state index is 6.11. The molecule has 2 aromatic rings. The highest BCUT2D eigenvalue weighted by Gasteiger charge is 2.26. The van der Waals surface area contributed by atoms with E-state index in [9.17, 15) is 0 Å². The lowest BCUT2D eigenvalue weighted by atomic mass is 9.93. The van der Waals surface area contributed by atoms with Gasteiger partial charge in [0.15, 0.2) is 0 Å². The first-order chi connectivity index (χ1) is 12.3. The van der Waals surface area contributed by atoms with E-state index in [0.717, 1.165) is 62.7 Å². The van der Waals surface area contributed by atoms with Crippen LogP contribution in [0.2, 0.25) is 0 Å². The Balaban J connectivity index is 1.71. The Labute approximate surface area is 149 Å². The normalized spacial score (nSPS) is 17.7. The van der Waals surface area contributed by atoms with Gasteiger partial charge in [0.2, 0.25) is 5.95 Å². The highest BCUT2D eigenvalue weighted by molar-refractivity contribution is 5.74. The van der Waals surface area contributed by atoms with E-state index in [2.05, 4.69) is 39.1 Å². The van der Waals surface area contributed by atoms with E-state index in [1.165, 1.54) is 29.5 Å². The van der Waals surface area contributed by atoms with Crippen molar-refractivity contribution in [2.45, 2.75) is 38.5 Å². The van der Waals surface area contributed by atoms with Gasteiger partial charge in [-0.25, -0.2) is 4.98 Å². The molecule has 25 heavy (non-hydrogen) atoms.